The van der Waals surface area contributed by atoms with Crippen LogP contribution in [-0.4, -0.2) is 23.7 Å². The Hall–Kier alpha value is -1.14. The highest BCUT2D eigenvalue weighted by molar-refractivity contribution is 9.10. The van der Waals surface area contributed by atoms with E-state index in [1.165, 1.54) is 0 Å². The molecular weight excluding hydrogens is 324 g/mol. The van der Waals surface area contributed by atoms with Crippen LogP contribution in [0.4, 0.5) is 11.4 Å². The molecule has 2 atom stereocenters. The van der Waals surface area contributed by atoms with Crippen molar-refractivity contribution in [2.75, 3.05) is 11.9 Å². The van der Waals surface area contributed by atoms with E-state index in [2.05, 4.69) is 35.1 Å². The Balaban J connectivity index is 2.06. The highest BCUT2D eigenvalue weighted by atomic mass is 79.9. The summed E-state index contributed by atoms with van der Waals surface area (Å²) in [6.07, 6.45) is 2.11. The van der Waals surface area contributed by atoms with Crippen molar-refractivity contribution in [1.82, 2.24) is 0 Å². The summed E-state index contributed by atoms with van der Waals surface area (Å²) in [5.41, 5.74) is 0.872. The molecule has 1 fully saturated rings. The van der Waals surface area contributed by atoms with Gasteiger partial charge < -0.3 is 10.1 Å². The Labute approximate surface area is 127 Å². The van der Waals surface area contributed by atoms with Crippen molar-refractivity contribution in [2.24, 2.45) is 5.92 Å². The van der Waals surface area contributed by atoms with Gasteiger partial charge in [-0.15, -0.1) is 0 Å². The van der Waals surface area contributed by atoms with Crippen molar-refractivity contribution in [3.63, 3.8) is 0 Å². The van der Waals surface area contributed by atoms with E-state index in [1.807, 2.05) is 6.07 Å². The molecule has 1 heterocycles. The van der Waals surface area contributed by atoms with Gasteiger partial charge in [-0.25, -0.2) is 0 Å². The lowest BCUT2D eigenvalue weighted by atomic mass is 9.95. The van der Waals surface area contributed by atoms with Gasteiger partial charge in [0.1, 0.15) is 0 Å². The number of ether oxygens (including phenoxy) is 1. The SMILES string of the molecule is CC(C)C1CC(Nc2ccc(Br)c([N+](=O)[O-])c2)CCO1. The Morgan fingerprint density at radius 1 is 1.50 bits per heavy atom. The van der Waals surface area contributed by atoms with E-state index < -0.39 is 0 Å². The first-order chi connectivity index (χ1) is 9.47. The third-order valence-electron chi connectivity index (χ3n) is 3.57. The van der Waals surface area contributed by atoms with Gasteiger partial charge in [0, 0.05) is 24.4 Å². The summed E-state index contributed by atoms with van der Waals surface area (Å²) < 4.78 is 6.23. The number of nitro benzene ring substituents is 1. The number of benzene rings is 1. The Kier molecular flexibility index (Phi) is 4.99. The zero-order valence-corrected chi connectivity index (χ0v) is 13.2. The Bertz CT molecular complexity index is 493. The van der Waals surface area contributed by atoms with E-state index >= 15 is 0 Å². The molecule has 2 unspecified atom stereocenters. The first kappa shape index (κ1) is 15.3. The smallest absolute Gasteiger partial charge is 0.285 e. The first-order valence-corrected chi connectivity index (χ1v) is 7.58. The highest BCUT2D eigenvalue weighted by Crippen LogP contribution is 2.29. The minimum absolute atomic E-state index is 0.0856. The van der Waals surface area contributed by atoms with Gasteiger partial charge in [0.2, 0.25) is 0 Å². The molecule has 0 bridgehead atoms. The summed E-state index contributed by atoms with van der Waals surface area (Å²) in [4.78, 5) is 10.6. The molecular formula is C14H19BrN2O3. The van der Waals surface area contributed by atoms with Crippen LogP contribution in [0.15, 0.2) is 22.7 Å². The van der Waals surface area contributed by atoms with Crippen LogP contribution in [0.5, 0.6) is 0 Å². The second-order valence-electron chi connectivity index (χ2n) is 5.44. The molecule has 0 spiro atoms. The van der Waals surface area contributed by atoms with Gasteiger partial charge in [0.25, 0.3) is 5.69 Å². The van der Waals surface area contributed by atoms with E-state index in [0.717, 1.165) is 25.1 Å². The molecule has 5 nitrogen and oxygen atoms in total. The van der Waals surface area contributed by atoms with Crippen LogP contribution in [0.2, 0.25) is 0 Å². The number of halogens is 1. The minimum atomic E-state index is -0.379. The maximum atomic E-state index is 10.9. The molecule has 2 rings (SSSR count). The van der Waals surface area contributed by atoms with Crippen LogP contribution >= 0.6 is 15.9 Å². The van der Waals surface area contributed by atoms with Gasteiger partial charge in [0.05, 0.1) is 15.5 Å². The predicted molar refractivity (Wildman–Crippen MR) is 82.0 cm³/mol. The quantitative estimate of drug-likeness (QED) is 0.664. The first-order valence-electron chi connectivity index (χ1n) is 6.79. The van der Waals surface area contributed by atoms with Crippen LogP contribution in [0, 0.1) is 16.0 Å². The lowest BCUT2D eigenvalue weighted by Gasteiger charge is -2.32. The molecule has 0 aliphatic carbocycles. The van der Waals surface area contributed by atoms with Crippen LogP contribution in [0.3, 0.4) is 0 Å². The summed E-state index contributed by atoms with van der Waals surface area (Å²) >= 11 is 3.20. The second kappa shape index (κ2) is 6.54. The van der Waals surface area contributed by atoms with Crippen LogP contribution in [-0.2, 0) is 4.74 Å². The zero-order chi connectivity index (χ0) is 14.7. The van der Waals surface area contributed by atoms with Gasteiger partial charge in [0.15, 0.2) is 0 Å². The Morgan fingerprint density at radius 2 is 2.25 bits per heavy atom. The van der Waals surface area contributed by atoms with Gasteiger partial charge in [-0.2, -0.15) is 0 Å². The summed E-state index contributed by atoms with van der Waals surface area (Å²) in [7, 11) is 0. The third-order valence-corrected chi connectivity index (χ3v) is 4.24. The average molecular weight is 343 g/mol. The number of rotatable bonds is 4. The fourth-order valence-electron chi connectivity index (χ4n) is 2.40. The van der Waals surface area contributed by atoms with E-state index in [4.69, 9.17) is 4.74 Å². The van der Waals surface area contributed by atoms with E-state index in [1.54, 1.807) is 12.1 Å². The minimum Gasteiger partial charge on any atom is -0.382 e. The molecule has 1 N–H and O–H groups in total. The monoisotopic (exact) mass is 342 g/mol. The van der Waals surface area contributed by atoms with Crippen molar-refractivity contribution >= 4 is 27.3 Å². The lowest BCUT2D eigenvalue weighted by molar-refractivity contribution is -0.385. The fraction of sp³-hybridized carbons (Fsp3) is 0.571. The molecule has 1 saturated heterocycles. The van der Waals surface area contributed by atoms with Crippen molar-refractivity contribution < 1.29 is 9.66 Å². The second-order valence-corrected chi connectivity index (χ2v) is 6.30. The Morgan fingerprint density at radius 3 is 2.90 bits per heavy atom. The largest absolute Gasteiger partial charge is 0.382 e. The maximum absolute atomic E-state index is 10.9. The van der Waals surface area contributed by atoms with Crippen molar-refractivity contribution in [2.45, 2.75) is 38.8 Å². The average Bonchev–Trinajstić information content (AvgIpc) is 2.41. The van der Waals surface area contributed by atoms with E-state index in [9.17, 15) is 10.1 Å². The lowest BCUT2D eigenvalue weighted by Crippen LogP contribution is -2.36. The van der Waals surface area contributed by atoms with E-state index in [0.29, 0.717) is 16.4 Å². The zero-order valence-electron chi connectivity index (χ0n) is 11.6. The number of nitrogens with one attached hydrogen (secondary N) is 1. The van der Waals surface area contributed by atoms with Crippen molar-refractivity contribution in [1.29, 1.82) is 0 Å². The third kappa shape index (κ3) is 3.70. The highest BCUT2D eigenvalue weighted by Gasteiger charge is 2.25. The van der Waals surface area contributed by atoms with Crippen molar-refractivity contribution in [3.05, 3.63) is 32.8 Å². The van der Waals surface area contributed by atoms with Crippen LogP contribution in [0.1, 0.15) is 26.7 Å². The van der Waals surface area contributed by atoms with Crippen LogP contribution in [0.25, 0.3) is 0 Å². The molecule has 1 aliphatic rings. The number of anilines is 1. The van der Waals surface area contributed by atoms with E-state index in [-0.39, 0.29) is 16.7 Å². The molecule has 1 aliphatic heterocycles. The summed E-state index contributed by atoms with van der Waals surface area (Å²) in [5.74, 6) is 0.485. The number of nitrogens with zero attached hydrogens (tertiary/aromatic N) is 1. The van der Waals surface area contributed by atoms with Gasteiger partial charge >= 0.3 is 0 Å². The normalized spacial score (nSPS) is 22.8. The van der Waals surface area contributed by atoms with Crippen LogP contribution < -0.4 is 5.32 Å². The summed E-state index contributed by atoms with van der Waals surface area (Å²) in [6.45, 7) is 5.04. The standard InChI is InChI=1S/C14H19BrN2O3/c1-9(2)14-8-11(5-6-20-14)16-10-3-4-12(15)13(7-10)17(18)19/h3-4,7,9,11,14,16H,5-6,8H2,1-2H3. The number of hydrogen-bond acceptors (Lipinski definition) is 4. The summed E-state index contributed by atoms with van der Waals surface area (Å²) in [5, 5.41) is 14.3. The molecule has 20 heavy (non-hydrogen) atoms. The van der Waals surface area contributed by atoms with Gasteiger partial charge in [-0.3, -0.25) is 10.1 Å². The fourth-order valence-corrected chi connectivity index (χ4v) is 2.79. The molecule has 0 radical (unpaired) electrons. The number of nitro groups is 1. The summed E-state index contributed by atoms with van der Waals surface area (Å²) in [6, 6.07) is 5.44. The predicted octanol–water partition coefficient (Wildman–Crippen LogP) is 3.97. The molecule has 1 aromatic rings. The van der Waals surface area contributed by atoms with Gasteiger partial charge in [-0.1, -0.05) is 13.8 Å². The molecule has 0 saturated carbocycles. The number of hydrogen-bond donors (Lipinski definition) is 1. The molecule has 0 aromatic heterocycles. The topological polar surface area (TPSA) is 64.4 Å². The molecule has 0 amide bonds. The molecule has 110 valence electrons. The molecule has 1 aromatic carbocycles. The maximum Gasteiger partial charge on any atom is 0.285 e. The van der Waals surface area contributed by atoms with Crippen molar-refractivity contribution in [3.8, 4) is 0 Å². The van der Waals surface area contributed by atoms with Gasteiger partial charge in [-0.05, 0) is 46.8 Å². The molecule has 6 heteroatoms.